The number of morpholine rings is 1. The zero-order valence-electron chi connectivity index (χ0n) is 10.9. The molecule has 0 bridgehead atoms. The fourth-order valence-electron chi connectivity index (χ4n) is 1.97. The second kappa shape index (κ2) is 6.19. The topological polar surface area (TPSA) is 58.6 Å². The van der Waals surface area contributed by atoms with Crippen molar-refractivity contribution in [3.63, 3.8) is 0 Å². The predicted octanol–water partition coefficient (Wildman–Crippen LogP) is 1.07. The van der Waals surface area contributed by atoms with Gasteiger partial charge < -0.3 is 15.0 Å². The maximum Gasteiger partial charge on any atom is 0.254 e. The van der Waals surface area contributed by atoms with E-state index in [-0.39, 0.29) is 35.6 Å². The number of hydrogen-bond donors (Lipinski definition) is 1. The molecular weight excluding hydrogens is 287 g/mol. The minimum atomic E-state index is -0.699. The fraction of sp³-hybridized carbons (Fsp3) is 0.385. The summed E-state index contributed by atoms with van der Waals surface area (Å²) in [5.74, 6) is -1.28. The number of hydrogen-bond acceptors (Lipinski definition) is 3. The van der Waals surface area contributed by atoms with E-state index < -0.39 is 11.9 Å². The number of likely N-dealkylation sites (N-methyl/N-ethyl adjacent to an activating group) is 1. The minimum Gasteiger partial charge on any atom is -0.365 e. The average Bonchev–Trinajstić information content (AvgIpc) is 2.48. The Morgan fingerprint density at radius 3 is 2.90 bits per heavy atom. The highest BCUT2D eigenvalue weighted by atomic mass is 35.5. The Morgan fingerprint density at radius 1 is 1.50 bits per heavy atom. The molecule has 0 aliphatic carbocycles. The van der Waals surface area contributed by atoms with Gasteiger partial charge in [-0.15, -0.1) is 0 Å². The predicted molar refractivity (Wildman–Crippen MR) is 71.1 cm³/mol. The Bertz CT molecular complexity index is 538. The molecule has 1 atom stereocenters. The molecule has 7 heteroatoms. The monoisotopic (exact) mass is 300 g/mol. The van der Waals surface area contributed by atoms with Crippen LogP contribution in [0.2, 0.25) is 5.02 Å². The molecule has 108 valence electrons. The molecule has 1 fully saturated rings. The second-order valence-corrected chi connectivity index (χ2v) is 4.76. The Balaban J connectivity index is 2.12. The summed E-state index contributed by atoms with van der Waals surface area (Å²) in [6.07, 6.45) is -0.699. The van der Waals surface area contributed by atoms with Gasteiger partial charge in [0.25, 0.3) is 11.8 Å². The maximum absolute atomic E-state index is 13.4. The highest BCUT2D eigenvalue weighted by Gasteiger charge is 2.29. The van der Waals surface area contributed by atoms with Crippen molar-refractivity contribution >= 4 is 23.4 Å². The highest BCUT2D eigenvalue weighted by Crippen LogP contribution is 2.18. The number of amides is 2. The van der Waals surface area contributed by atoms with Crippen LogP contribution in [-0.4, -0.2) is 49.6 Å². The van der Waals surface area contributed by atoms with Gasteiger partial charge in [0.15, 0.2) is 6.10 Å². The second-order valence-electron chi connectivity index (χ2n) is 4.35. The van der Waals surface area contributed by atoms with Crippen LogP contribution in [0.15, 0.2) is 18.2 Å². The van der Waals surface area contributed by atoms with Crippen molar-refractivity contribution in [3.05, 3.63) is 34.6 Å². The third kappa shape index (κ3) is 3.08. The van der Waals surface area contributed by atoms with Crippen molar-refractivity contribution in [3.8, 4) is 0 Å². The lowest BCUT2D eigenvalue weighted by Gasteiger charge is -2.32. The Labute approximate surface area is 120 Å². The minimum absolute atomic E-state index is 0.0354. The molecule has 1 aliphatic heterocycles. The molecule has 1 aromatic rings. The number of ether oxygens (including phenoxy) is 1. The lowest BCUT2D eigenvalue weighted by atomic mass is 10.1. The number of benzene rings is 1. The lowest BCUT2D eigenvalue weighted by molar-refractivity contribution is -0.136. The third-order valence-electron chi connectivity index (χ3n) is 3.06. The highest BCUT2D eigenvalue weighted by molar-refractivity contribution is 6.30. The smallest absolute Gasteiger partial charge is 0.254 e. The molecule has 0 unspecified atom stereocenters. The number of rotatable bonds is 2. The number of nitrogens with one attached hydrogen (secondary N) is 1. The molecule has 20 heavy (non-hydrogen) atoms. The summed E-state index contributed by atoms with van der Waals surface area (Å²) in [5, 5.41) is 2.44. The van der Waals surface area contributed by atoms with E-state index in [0.29, 0.717) is 6.54 Å². The van der Waals surface area contributed by atoms with E-state index in [1.807, 2.05) is 0 Å². The van der Waals surface area contributed by atoms with Crippen LogP contribution in [0.5, 0.6) is 0 Å². The number of carbonyl (C=O) groups excluding carboxylic acids is 2. The van der Waals surface area contributed by atoms with Gasteiger partial charge in [-0.1, -0.05) is 11.6 Å². The Morgan fingerprint density at radius 2 is 2.25 bits per heavy atom. The van der Waals surface area contributed by atoms with Gasteiger partial charge in [-0.05, 0) is 18.2 Å². The average molecular weight is 301 g/mol. The van der Waals surface area contributed by atoms with E-state index in [9.17, 15) is 14.0 Å². The van der Waals surface area contributed by atoms with E-state index in [4.69, 9.17) is 16.3 Å². The molecule has 2 rings (SSSR count). The van der Waals surface area contributed by atoms with Gasteiger partial charge in [-0.2, -0.15) is 0 Å². The lowest BCUT2D eigenvalue weighted by Crippen LogP contribution is -2.51. The first kappa shape index (κ1) is 14.7. The Hall–Kier alpha value is -1.66. The van der Waals surface area contributed by atoms with E-state index in [0.717, 1.165) is 6.07 Å². The van der Waals surface area contributed by atoms with Crippen molar-refractivity contribution in [2.45, 2.75) is 6.10 Å². The van der Waals surface area contributed by atoms with Gasteiger partial charge in [0, 0.05) is 19.2 Å². The molecular formula is C13H14ClFN2O3. The van der Waals surface area contributed by atoms with Crippen molar-refractivity contribution in [2.24, 2.45) is 0 Å². The molecule has 0 radical (unpaired) electrons. The van der Waals surface area contributed by atoms with Gasteiger partial charge in [-0.25, -0.2) is 4.39 Å². The van der Waals surface area contributed by atoms with E-state index in [2.05, 4.69) is 5.32 Å². The number of halogens is 2. The van der Waals surface area contributed by atoms with Crippen LogP contribution in [0.25, 0.3) is 0 Å². The summed E-state index contributed by atoms with van der Waals surface area (Å²) >= 11 is 5.58. The summed E-state index contributed by atoms with van der Waals surface area (Å²) in [7, 11) is 1.50. The number of nitrogens with zero attached hydrogens (tertiary/aromatic N) is 1. The van der Waals surface area contributed by atoms with Crippen molar-refractivity contribution in [1.82, 2.24) is 10.2 Å². The normalized spacial score (nSPS) is 18.8. The molecule has 0 saturated carbocycles. The van der Waals surface area contributed by atoms with Gasteiger partial charge in [0.2, 0.25) is 0 Å². The fourth-order valence-corrected chi connectivity index (χ4v) is 2.08. The van der Waals surface area contributed by atoms with Crippen LogP contribution in [0, 0.1) is 5.82 Å². The largest absolute Gasteiger partial charge is 0.365 e. The first-order valence-corrected chi connectivity index (χ1v) is 6.48. The van der Waals surface area contributed by atoms with Crippen LogP contribution in [0.1, 0.15) is 10.4 Å². The molecule has 1 aliphatic rings. The quantitative estimate of drug-likeness (QED) is 0.889. The molecule has 0 aromatic heterocycles. The SMILES string of the molecule is CNC(=O)[C@H]1CN(C(=O)c2ccc(Cl)c(F)c2)CCO1. The van der Waals surface area contributed by atoms with Crippen LogP contribution >= 0.6 is 11.6 Å². The first-order chi connectivity index (χ1) is 9.52. The van der Waals surface area contributed by atoms with Crippen LogP contribution < -0.4 is 5.32 Å². The van der Waals surface area contributed by atoms with Gasteiger partial charge in [0.05, 0.1) is 18.2 Å². The maximum atomic E-state index is 13.4. The first-order valence-electron chi connectivity index (χ1n) is 6.10. The summed E-state index contributed by atoms with van der Waals surface area (Å²) < 4.78 is 18.7. The van der Waals surface area contributed by atoms with E-state index >= 15 is 0 Å². The molecule has 1 heterocycles. The molecule has 0 spiro atoms. The van der Waals surface area contributed by atoms with Gasteiger partial charge in [-0.3, -0.25) is 9.59 Å². The van der Waals surface area contributed by atoms with Crippen LogP contribution in [0.3, 0.4) is 0 Å². The summed E-state index contributed by atoms with van der Waals surface area (Å²) in [6, 6.07) is 3.88. The summed E-state index contributed by atoms with van der Waals surface area (Å²) in [5.41, 5.74) is 0.199. The zero-order chi connectivity index (χ0) is 14.7. The third-order valence-corrected chi connectivity index (χ3v) is 3.37. The van der Waals surface area contributed by atoms with E-state index in [1.54, 1.807) is 0 Å². The Kier molecular flexibility index (Phi) is 4.57. The molecule has 2 amide bonds. The molecule has 1 aromatic carbocycles. The van der Waals surface area contributed by atoms with Crippen molar-refractivity contribution in [2.75, 3.05) is 26.7 Å². The molecule has 1 saturated heterocycles. The van der Waals surface area contributed by atoms with Crippen LogP contribution in [-0.2, 0) is 9.53 Å². The molecule has 5 nitrogen and oxygen atoms in total. The van der Waals surface area contributed by atoms with Crippen molar-refractivity contribution in [1.29, 1.82) is 0 Å². The summed E-state index contributed by atoms with van der Waals surface area (Å²) in [4.78, 5) is 25.2. The van der Waals surface area contributed by atoms with Gasteiger partial charge in [0.1, 0.15) is 5.82 Å². The number of carbonyl (C=O) groups is 2. The summed E-state index contributed by atoms with van der Waals surface area (Å²) in [6.45, 7) is 0.763. The van der Waals surface area contributed by atoms with E-state index in [1.165, 1.54) is 24.1 Å². The standard InChI is InChI=1S/C13H14ClFN2O3/c1-16-12(18)11-7-17(4-5-20-11)13(19)8-2-3-9(14)10(15)6-8/h2-3,6,11H,4-5,7H2,1H3,(H,16,18)/t11-/m1/s1. The zero-order valence-corrected chi connectivity index (χ0v) is 11.6. The van der Waals surface area contributed by atoms with Crippen molar-refractivity contribution < 1.29 is 18.7 Å². The molecule has 1 N–H and O–H groups in total. The van der Waals surface area contributed by atoms with Gasteiger partial charge >= 0.3 is 0 Å². The van der Waals surface area contributed by atoms with Crippen LogP contribution in [0.4, 0.5) is 4.39 Å².